The summed E-state index contributed by atoms with van der Waals surface area (Å²) in [5, 5.41) is 2.95. The van der Waals surface area contributed by atoms with Crippen LogP contribution in [0, 0.1) is 13.8 Å². The van der Waals surface area contributed by atoms with Gasteiger partial charge >= 0.3 is 0 Å². The van der Waals surface area contributed by atoms with Crippen LogP contribution < -0.4 is 10.2 Å². The quantitative estimate of drug-likeness (QED) is 0.608. The maximum Gasteiger partial charge on any atom is 0.253 e. The number of nitrogens with one attached hydrogen (secondary N) is 1. The van der Waals surface area contributed by atoms with Crippen molar-refractivity contribution >= 4 is 34.5 Å². The number of methoxy groups -OCH3 is 1. The van der Waals surface area contributed by atoms with E-state index in [1.165, 1.54) is 0 Å². The highest BCUT2D eigenvalue weighted by atomic mass is 16.5. The molecule has 1 aromatic heterocycles. The lowest BCUT2D eigenvalue weighted by Crippen LogP contribution is -2.32. The van der Waals surface area contributed by atoms with E-state index in [-0.39, 0.29) is 18.2 Å². The SMILES string of the molecule is COCCCN1C(=O)[C@H](CC(=O)Nc2cc(C)cc(C)c2)n2c1nc1ccccc12. The second-order valence-electron chi connectivity index (χ2n) is 7.75. The van der Waals surface area contributed by atoms with Crippen LogP contribution in [0.3, 0.4) is 0 Å². The zero-order valence-electron chi connectivity index (χ0n) is 17.5. The maximum atomic E-state index is 13.2. The second-order valence-corrected chi connectivity index (χ2v) is 7.75. The van der Waals surface area contributed by atoms with Crippen LogP contribution in [-0.2, 0) is 14.3 Å². The van der Waals surface area contributed by atoms with Crippen LogP contribution in [0.2, 0.25) is 0 Å². The fourth-order valence-corrected chi connectivity index (χ4v) is 4.11. The third-order valence-corrected chi connectivity index (χ3v) is 5.30. The monoisotopic (exact) mass is 406 g/mol. The van der Waals surface area contributed by atoms with E-state index in [0.717, 1.165) is 27.8 Å². The average Bonchev–Trinajstić information content (AvgIpc) is 3.17. The number of para-hydroxylation sites is 2. The number of hydrogen-bond donors (Lipinski definition) is 1. The zero-order chi connectivity index (χ0) is 21.3. The molecule has 2 amide bonds. The van der Waals surface area contributed by atoms with Crippen LogP contribution in [0.1, 0.15) is 30.0 Å². The third-order valence-electron chi connectivity index (χ3n) is 5.30. The van der Waals surface area contributed by atoms with E-state index in [4.69, 9.17) is 4.74 Å². The Morgan fingerprint density at radius 1 is 1.17 bits per heavy atom. The summed E-state index contributed by atoms with van der Waals surface area (Å²) in [4.78, 5) is 32.4. The largest absolute Gasteiger partial charge is 0.385 e. The standard InChI is InChI=1S/C23H26N4O3/c1-15-11-16(2)13-17(12-15)24-21(28)14-20-22(29)26(9-6-10-30-3)23-25-18-7-4-5-8-19(18)27(20)23/h4-5,7-8,11-13,20H,6,9-10,14H2,1-3H3,(H,24,28)/t20-/m0/s1. The van der Waals surface area contributed by atoms with Crippen LogP contribution in [0.25, 0.3) is 11.0 Å². The van der Waals surface area contributed by atoms with Crippen molar-refractivity contribution in [1.82, 2.24) is 9.55 Å². The first-order valence-electron chi connectivity index (χ1n) is 10.1. The third kappa shape index (κ3) is 3.80. The molecule has 0 saturated carbocycles. The first-order valence-corrected chi connectivity index (χ1v) is 10.1. The summed E-state index contributed by atoms with van der Waals surface area (Å²) in [5.74, 6) is 0.303. The minimum Gasteiger partial charge on any atom is -0.385 e. The molecule has 7 heteroatoms. The minimum atomic E-state index is -0.610. The van der Waals surface area contributed by atoms with Crippen molar-refractivity contribution in [2.45, 2.75) is 32.7 Å². The predicted molar refractivity (Wildman–Crippen MR) is 117 cm³/mol. The maximum absolute atomic E-state index is 13.2. The highest BCUT2D eigenvalue weighted by Gasteiger charge is 2.40. The summed E-state index contributed by atoms with van der Waals surface area (Å²) >= 11 is 0. The first kappa shape index (κ1) is 20.1. The lowest BCUT2D eigenvalue weighted by Gasteiger charge is -2.16. The van der Waals surface area contributed by atoms with Crippen molar-refractivity contribution < 1.29 is 14.3 Å². The normalized spacial score (nSPS) is 15.6. The van der Waals surface area contributed by atoms with Gasteiger partial charge in [-0.1, -0.05) is 18.2 Å². The highest BCUT2D eigenvalue weighted by molar-refractivity contribution is 6.05. The lowest BCUT2D eigenvalue weighted by atomic mass is 10.1. The number of carbonyl (C=O) groups is 2. The Kier molecular flexibility index (Phi) is 5.55. The number of nitrogens with zero attached hydrogens (tertiary/aromatic N) is 3. The number of rotatable bonds is 7. The molecule has 156 valence electrons. The number of imidazole rings is 1. The Morgan fingerprint density at radius 2 is 1.90 bits per heavy atom. The van der Waals surface area contributed by atoms with E-state index in [2.05, 4.69) is 16.4 Å². The van der Waals surface area contributed by atoms with Gasteiger partial charge < -0.3 is 10.1 Å². The van der Waals surface area contributed by atoms with Gasteiger partial charge in [0.15, 0.2) is 0 Å². The minimum absolute atomic E-state index is 0.0555. The molecule has 0 bridgehead atoms. The molecule has 4 rings (SSSR count). The van der Waals surface area contributed by atoms with E-state index in [0.29, 0.717) is 25.5 Å². The van der Waals surface area contributed by atoms with Gasteiger partial charge in [0.1, 0.15) is 6.04 Å². The topological polar surface area (TPSA) is 76.5 Å². The van der Waals surface area contributed by atoms with E-state index < -0.39 is 6.04 Å². The van der Waals surface area contributed by atoms with Gasteiger partial charge in [0.05, 0.1) is 17.5 Å². The van der Waals surface area contributed by atoms with E-state index in [1.54, 1.807) is 12.0 Å². The number of amides is 2. The molecule has 0 radical (unpaired) electrons. The number of aromatic nitrogens is 2. The zero-order valence-corrected chi connectivity index (χ0v) is 17.5. The summed E-state index contributed by atoms with van der Waals surface area (Å²) in [7, 11) is 1.64. The number of carbonyl (C=O) groups excluding carboxylic acids is 2. The molecule has 0 spiro atoms. The van der Waals surface area contributed by atoms with Gasteiger partial charge in [-0.15, -0.1) is 0 Å². The van der Waals surface area contributed by atoms with Crippen molar-refractivity contribution in [1.29, 1.82) is 0 Å². The molecule has 0 fully saturated rings. The molecular formula is C23H26N4O3. The van der Waals surface area contributed by atoms with E-state index in [1.807, 2.05) is 54.8 Å². The summed E-state index contributed by atoms with van der Waals surface area (Å²) in [6, 6.07) is 13.0. The van der Waals surface area contributed by atoms with Gasteiger partial charge in [0.25, 0.3) is 5.91 Å². The molecule has 0 saturated heterocycles. The number of fused-ring (bicyclic) bond motifs is 3. The Balaban J connectivity index is 1.61. The van der Waals surface area contributed by atoms with Crippen LogP contribution in [-0.4, -0.2) is 41.6 Å². The van der Waals surface area contributed by atoms with Gasteiger partial charge in [-0.2, -0.15) is 0 Å². The van der Waals surface area contributed by atoms with Gasteiger partial charge in [0, 0.05) is 25.9 Å². The number of benzene rings is 2. The van der Waals surface area contributed by atoms with Crippen LogP contribution in [0.4, 0.5) is 11.6 Å². The van der Waals surface area contributed by atoms with Crippen molar-refractivity contribution in [3.05, 3.63) is 53.6 Å². The summed E-state index contributed by atoms with van der Waals surface area (Å²) in [6.45, 7) is 5.04. The number of ether oxygens (including phenoxy) is 1. The van der Waals surface area contributed by atoms with Crippen LogP contribution in [0.15, 0.2) is 42.5 Å². The van der Waals surface area contributed by atoms with Gasteiger partial charge in [-0.05, 0) is 55.7 Å². The summed E-state index contributed by atoms with van der Waals surface area (Å²) in [5.41, 5.74) is 4.58. The number of hydrogen-bond acceptors (Lipinski definition) is 4. The Labute approximate surface area is 175 Å². The first-order chi connectivity index (χ1) is 14.5. The fourth-order valence-electron chi connectivity index (χ4n) is 4.11. The molecule has 30 heavy (non-hydrogen) atoms. The Morgan fingerprint density at radius 3 is 2.63 bits per heavy atom. The molecule has 2 heterocycles. The van der Waals surface area contributed by atoms with Gasteiger partial charge in [0.2, 0.25) is 11.9 Å². The lowest BCUT2D eigenvalue weighted by molar-refractivity contribution is -0.124. The molecule has 3 aromatic rings. The van der Waals surface area contributed by atoms with Crippen LogP contribution >= 0.6 is 0 Å². The van der Waals surface area contributed by atoms with Crippen molar-refractivity contribution in [3.8, 4) is 0 Å². The van der Waals surface area contributed by atoms with Crippen LogP contribution in [0.5, 0.6) is 0 Å². The van der Waals surface area contributed by atoms with E-state index >= 15 is 0 Å². The fraction of sp³-hybridized carbons (Fsp3) is 0.348. The molecule has 7 nitrogen and oxygen atoms in total. The average molecular weight is 406 g/mol. The smallest absolute Gasteiger partial charge is 0.253 e. The molecule has 1 aliphatic rings. The van der Waals surface area contributed by atoms with Gasteiger partial charge in [-0.25, -0.2) is 4.98 Å². The highest BCUT2D eigenvalue weighted by Crippen LogP contribution is 2.36. The van der Waals surface area contributed by atoms with Crippen molar-refractivity contribution in [3.63, 3.8) is 0 Å². The van der Waals surface area contributed by atoms with Crippen molar-refractivity contribution in [2.24, 2.45) is 0 Å². The number of aryl methyl sites for hydroxylation is 2. The van der Waals surface area contributed by atoms with Gasteiger partial charge in [-0.3, -0.25) is 19.1 Å². The molecule has 0 aliphatic carbocycles. The van der Waals surface area contributed by atoms with E-state index in [9.17, 15) is 9.59 Å². The molecule has 1 aliphatic heterocycles. The Bertz CT molecular complexity index is 1080. The van der Waals surface area contributed by atoms with Crippen molar-refractivity contribution in [2.75, 3.05) is 30.5 Å². The molecule has 0 unspecified atom stereocenters. The predicted octanol–water partition coefficient (Wildman–Crippen LogP) is 3.61. The molecule has 2 aromatic carbocycles. The second kappa shape index (κ2) is 8.28. The molecule has 1 atom stereocenters. The molecular weight excluding hydrogens is 380 g/mol. The summed E-state index contributed by atoms with van der Waals surface area (Å²) in [6.07, 6.45) is 0.757. The Hall–Kier alpha value is -3.19. The number of anilines is 2. The molecule has 1 N–H and O–H groups in total. The summed E-state index contributed by atoms with van der Waals surface area (Å²) < 4.78 is 7.03.